The van der Waals surface area contributed by atoms with Crippen molar-refractivity contribution in [2.75, 3.05) is 17.2 Å². The van der Waals surface area contributed by atoms with Gasteiger partial charge in [0.2, 0.25) is 0 Å². The molecule has 138 valence electrons. The first-order chi connectivity index (χ1) is 12.2. The molecule has 1 aromatic carbocycles. The summed E-state index contributed by atoms with van der Waals surface area (Å²) in [5.74, 6) is -1.68. The van der Waals surface area contributed by atoms with Gasteiger partial charge in [0, 0.05) is 11.4 Å². The van der Waals surface area contributed by atoms with Gasteiger partial charge >= 0.3 is 12.0 Å². The van der Waals surface area contributed by atoms with Crippen LogP contribution in [0.3, 0.4) is 0 Å². The summed E-state index contributed by atoms with van der Waals surface area (Å²) in [6.45, 7) is 1.59. The lowest BCUT2D eigenvalue weighted by atomic mass is 10.2. The van der Waals surface area contributed by atoms with Crippen molar-refractivity contribution in [2.24, 2.45) is 10.1 Å². The number of urea groups is 1. The predicted octanol–water partition coefficient (Wildman–Crippen LogP) is 0.0383. The standard InChI is InChI=1S/C14H14N4O6S2/c1-7(11(19)16-13(15)21)24-12(20)8-2-3-9-10(6-8)25-14-17-26(22,23)5-4-18(9)14/h2-3,6-7H,4-5H2,1H3,(H3,15,16,19,21)/t7-/m0/s1. The first-order valence-corrected chi connectivity index (χ1v) is 9.82. The normalized spacial score (nSPS) is 18.2. The molecule has 3 rings (SSSR count). The largest absolute Gasteiger partial charge is 0.449 e. The molecule has 0 saturated carbocycles. The maximum atomic E-state index is 12.2. The molecular weight excluding hydrogens is 384 g/mol. The Kier molecular flexibility index (Phi) is 4.63. The third-order valence-corrected chi connectivity index (χ3v) is 5.91. The summed E-state index contributed by atoms with van der Waals surface area (Å²) in [6, 6.07) is 3.66. The van der Waals surface area contributed by atoms with Crippen molar-refractivity contribution in [1.82, 2.24) is 5.32 Å². The van der Waals surface area contributed by atoms with Crippen LogP contribution in [0.2, 0.25) is 0 Å². The van der Waals surface area contributed by atoms with E-state index in [0.29, 0.717) is 10.1 Å². The van der Waals surface area contributed by atoms with Crippen molar-refractivity contribution in [3.63, 3.8) is 0 Å². The molecule has 2 aliphatic heterocycles. The Morgan fingerprint density at radius 3 is 2.81 bits per heavy atom. The minimum Gasteiger partial charge on any atom is -0.449 e. The molecule has 0 radical (unpaired) electrons. The number of esters is 1. The van der Waals surface area contributed by atoms with E-state index in [1.165, 1.54) is 19.1 Å². The van der Waals surface area contributed by atoms with E-state index < -0.39 is 34.0 Å². The number of nitrogens with two attached hydrogens (primary N) is 1. The van der Waals surface area contributed by atoms with Crippen LogP contribution in [0.1, 0.15) is 17.3 Å². The zero-order valence-corrected chi connectivity index (χ0v) is 15.1. The Bertz CT molecular complexity index is 943. The molecular formula is C14H14N4O6S2. The van der Waals surface area contributed by atoms with Crippen LogP contribution in [0.25, 0.3) is 0 Å². The second-order valence-electron chi connectivity index (χ2n) is 5.50. The molecule has 12 heteroatoms. The number of nitrogens with one attached hydrogen (secondary N) is 1. The number of ether oxygens (including phenoxy) is 1. The third kappa shape index (κ3) is 3.65. The van der Waals surface area contributed by atoms with Crippen molar-refractivity contribution < 1.29 is 27.5 Å². The quantitative estimate of drug-likeness (QED) is 0.678. The smallest absolute Gasteiger partial charge is 0.338 e. The number of imide groups is 1. The fourth-order valence-electron chi connectivity index (χ4n) is 2.36. The van der Waals surface area contributed by atoms with E-state index in [2.05, 4.69) is 4.40 Å². The molecule has 0 aromatic heterocycles. The molecule has 3 amide bonds. The van der Waals surface area contributed by atoms with Crippen LogP contribution in [-0.4, -0.2) is 49.9 Å². The van der Waals surface area contributed by atoms with Gasteiger partial charge in [-0.15, -0.1) is 4.40 Å². The number of amides is 3. The van der Waals surface area contributed by atoms with Gasteiger partial charge in [0.15, 0.2) is 11.3 Å². The van der Waals surface area contributed by atoms with Crippen LogP contribution in [-0.2, 0) is 19.6 Å². The Labute approximate surface area is 152 Å². The van der Waals surface area contributed by atoms with Crippen molar-refractivity contribution in [3.05, 3.63) is 23.8 Å². The minimum absolute atomic E-state index is 0.0766. The fraction of sp³-hybridized carbons (Fsp3) is 0.286. The zero-order valence-electron chi connectivity index (χ0n) is 13.5. The minimum atomic E-state index is -3.46. The number of carbonyl (C=O) groups excluding carboxylic acids is 3. The average molecular weight is 398 g/mol. The highest BCUT2D eigenvalue weighted by atomic mass is 32.2. The molecule has 1 atom stereocenters. The first kappa shape index (κ1) is 18.2. The summed E-state index contributed by atoms with van der Waals surface area (Å²) in [6.07, 6.45) is -1.21. The Balaban J connectivity index is 1.76. The van der Waals surface area contributed by atoms with E-state index in [-0.39, 0.29) is 17.9 Å². The molecule has 0 saturated heterocycles. The molecule has 0 unspecified atom stereocenters. The topological polar surface area (TPSA) is 148 Å². The van der Waals surface area contributed by atoms with Gasteiger partial charge in [-0.1, -0.05) is 0 Å². The number of hydrogen-bond donors (Lipinski definition) is 2. The number of sulfonamides is 1. The van der Waals surface area contributed by atoms with Gasteiger partial charge in [-0.2, -0.15) is 0 Å². The molecule has 2 aliphatic rings. The number of nitrogens with zero attached hydrogens (tertiary/aromatic N) is 2. The fourth-order valence-corrected chi connectivity index (χ4v) is 4.66. The van der Waals surface area contributed by atoms with Gasteiger partial charge < -0.3 is 15.4 Å². The number of amidine groups is 1. The highest BCUT2D eigenvalue weighted by Gasteiger charge is 2.33. The molecule has 26 heavy (non-hydrogen) atoms. The van der Waals surface area contributed by atoms with Crippen LogP contribution in [0.15, 0.2) is 27.5 Å². The molecule has 10 nitrogen and oxygen atoms in total. The van der Waals surface area contributed by atoms with Crippen molar-refractivity contribution >= 4 is 50.5 Å². The maximum absolute atomic E-state index is 12.2. The second kappa shape index (κ2) is 6.61. The van der Waals surface area contributed by atoms with E-state index in [4.69, 9.17) is 10.5 Å². The summed E-state index contributed by atoms with van der Waals surface area (Å²) >= 11 is 1.14. The first-order valence-electron chi connectivity index (χ1n) is 7.39. The van der Waals surface area contributed by atoms with Gasteiger partial charge in [0.1, 0.15) is 0 Å². The highest BCUT2D eigenvalue weighted by molar-refractivity contribution is 8.15. The Hall–Kier alpha value is -2.60. The number of rotatable bonds is 3. The molecule has 0 aliphatic carbocycles. The number of primary amides is 1. The number of hydrogen-bond acceptors (Lipinski definition) is 8. The van der Waals surface area contributed by atoms with E-state index in [9.17, 15) is 22.8 Å². The third-order valence-electron chi connectivity index (χ3n) is 3.61. The summed E-state index contributed by atoms with van der Waals surface area (Å²) in [7, 11) is -3.46. The zero-order chi connectivity index (χ0) is 19.1. The Morgan fingerprint density at radius 2 is 2.12 bits per heavy atom. The molecule has 0 bridgehead atoms. The van der Waals surface area contributed by atoms with E-state index in [1.54, 1.807) is 11.0 Å². The predicted molar refractivity (Wildman–Crippen MR) is 93.5 cm³/mol. The summed E-state index contributed by atoms with van der Waals surface area (Å²) in [5, 5.41) is 2.16. The molecule has 0 fully saturated rings. The van der Waals surface area contributed by atoms with E-state index >= 15 is 0 Å². The average Bonchev–Trinajstić information content (AvgIpc) is 2.88. The number of thioether (sulfide) groups is 1. The SMILES string of the molecule is C[C@H](OC(=O)c1ccc2c(c1)SC1=NS(=O)(=O)CCN12)C(=O)NC(N)=O. The lowest BCUT2D eigenvalue weighted by Crippen LogP contribution is -2.42. The highest BCUT2D eigenvalue weighted by Crippen LogP contribution is 2.42. The number of carbonyl (C=O) groups is 3. The van der Waals surface area contributed by atoms with Crippen molar-refractivity contribution in [3.8, 4) is 0 Å². The lowest BCUT2D eigenvalue weighted by Gasteiger charge is -2.22. The summed E-state index contributed by atoms with van der Waals surface area (Å²) in [5.41, 5.74) is 5.77. The van der Waals surface area contributed by atoms with Crippen LogP contribution in [0.4, 0.5) is 10.5 Å². The molecule has 1 aromatic rings. The lowest BCUT2D eigenvalue weighted by molar-refractivity contribution is -0.127. The van der Waals surface area contributed by atoms with Crippen LogP contribution in [0.5, 0.6) is 0 Å². The number of fused-ring (bicyclic) bond motifs is 3. The second-order valence-corrected chi connectivity index (χ2v) is 8.26. The van der Waals surface area contributed by atoms with E-state index in [0.717, 1.165) is 17.4 Å². The van der Waals surface area contributed by atoms with Gasteiger partial charge in [-0.25, -0.2) is 18.0 Å². The molecule has 2 heterocycles. The van der Waals surface area contributed by atoms with Crippen LogP contribution in [0, 0.1) is 0 Å². The molecule has 0 spiro atoms. The van der Waals surface area contributed by atoms with E-state index in [1.807, 2.05) is 5.32 Å². The maximum Gasteiger partial charge on any atom is 0.338 e. The van der Waals surface area contributed by atoms with Gasteiger partial charge in [0.25, 0.3) is 15.9 Å². The summed E-state index contributed by atoms with van der Waals surface area (Å²) in [4.78, 5) is 36.8. The monoisotopic (exact) mass is 398 g/mol. The van der Waals surface area contributed by atoms with Gasteiger partial charge in [0.05, 0.1) is 17.0 Å². The van der Waals surface area contributed by atoms with Gasteiger partial charge in [-0.3, -0.25) is 10.1 Å². The number of benzene rings is 1. The van der Waals surface area contributed by atoms with Crippen molar-refractivity contribution in [1.29, 1.82) is 0 Å². The summed E-state index contributed by atoms with van der Waals surface area (Å²) < 4.78 is 31.9. The molecule has 3 N–H and O–H groups in total. The van der Waals surface area contributed by atoms with Crippen LogP contribution >= 0.6 is 11.8 Å². The Morgan fingerprint density at radius 1 is 1.38 bits per heavy atom. The van der Waals surface area contributed by atoms with Crippen LogP contribution < -0.4 is 16.0 Å². The van der Waals surface area contributed by atoms with Crippen molar-refractivity contribution in [2.45, 2.75) is 17.9 Å². The van der Waals surface area contributed by atoms with Gasteiger partial charge in [-0.05, 0) is 36.9 Å². The number of anilines is 1.